The molecule has 0 saturated carbocycles. The van der Waals surface area contributed by atoms with Crippen molar-refractivity contribution in [3.8, 4) is 0 Å². The van der Waals surface area contributed by atoms with Crippen LogP contribution in [0.1, 0.15) is 40.3 Å². The Morgan fingerprint density at radius 3 is 2.18 bits per heavy atom. The Kier molecular flexibility index (Phi) is 10.5. The normalized spacial score (nSPS) is 20.2. The van der Waals surface area contributed by atoms with Gasteiger partial charge in [0, 0.05) is 38.2 Å². The first-order valence-corrected chi connectivity index (χ1v) is 18.6. The Labute approximate surface area is 288 Å². The number of carbonyl (C=O) groups is 2. The van der Waals surface area contributed by atoms with Crippen LogP contribution in [0.3, 0.4) is 0 Å². The van der Waals surface area contributed by atoms with Crippen molar-refractivity contribution in [3.05, 3.63) is 137 Å². The second kappa shape index (κ2) is 14.9. The zero-order valence-corrected chi connectivity index (χ0v) is 28.4. The molecule has 0 bridgehead atoms. The second-order valence-corrected chi connectivity index (χ2v) is 15.3. The number of benzene rings is 4. The maximum Gasteiger partial charge on any atom is 0.320 e. The number of hydrogen-bond acceptors (Lipinski definition) is 6. The average molecular weight is 682 g/mol. The van der Waals surface area contributed by atoms with Crippen LogP contribution >= 0.6 is 0 Å². The molecule has 256 valence electrons. The van der Waals surface area contributed by atoms with Gasteiger partial charge in [0.25, 0.3) is 0 Å². The quantitative estimate of drug-likeness (QED) is 0.193. The topological polar surface area (TPSA) is 127 Å². The lowest BCUT2D eigenvalue weighted by molar-refractivity contribution is -0.127. The van der Waals surface area contributed by atoms with Gasteiger partial charge in [-0.3, -0.25) is 4.79 Å². The van der Waals surface area contributed by atoms with Crippen molar-refractivity contribution in [2.75, 3.05) is 19.3 Å². The van der Waals surface area contributed by atoms with Gasteiger partial charge in [-0.1, -0.05) is 97.1 Å². The number of fused-ring (bicyclic) bond motifs is 1. The molecule has 6 rings (SSSR count). The Morgan fingerprint density at radius 1 is 0.878 bits per heavy atom. The maximum atomic E-state index is 13.9. The molecule has 1 saturated heterocycles. The Bertz CT molecular complexity index is 1850. The molecule has 0 radical (unpaired) electrons. The van der Waals surface area contributed by atoms with E-state index in [9.17, 15) is 28.2 Å². The fourth-order valence-electron chi connectivity index (χ4n) is 7.08. The van der Waals surface area contributed by atoms with Gasteiger partial charge in [0.1, 0.15) is 0 Å². The van der Waals surface area contributed by atoms with Gasteiger partial charge in [-0.25, -0.2) is 13.2 Å². The van der Waals surface area contributed by atoms with Gasteiger partial charge in [-0.15, -0.1) is 0 Å². The molecule has 1 aliphatic carbocycles. The number of aliphatic hydroxyl groups excluding tert-OH is 2. The van der Waals surface area contributed by atoms with E-state index in [1.54, 1.807) is 34.1 Å². The Morgan fingerprint density at radius 2 is 1.51 bits per heavy atom. The van der Waals surface area contributed by atoms with Gasteiger partial charge in [0.05, 0.1) is 29.2 Å². The highest BCUT2D eigenvalue weighted by atomic mass is 32.2. The summed E-state index contributed by atoms with van der Waals surface area (Å²) in [5.41, 5.74) is 4.73. The van der Waals surface area contributed by atoms with Crippen LogP contribution < -0.4 is 5.32 Å². The lowest BCUT2D eigenvalue weighted by atomic mass is 9.91. The average Bonchev–Trinajstić information content (AvgIpc) is 3.55. The van der Waals surface area contributed by atoms with E-state index in [2.05, 4.69) is 5.32 Å². The van der Waals surface area contributed by atoms with Gasteiger partial charge in [0.2, 0.25) is 5.91 Å². The van der Waals surface area contributed by atoms with Crippen LogP contribution in [0, 0.1) is 5.92 Å². The first-order valence-electron chi connectivity index (χ1n) is 16.7. The molecule has 0 aromatic heterocycles. The summed E-state index contributed by atoms with van der Waals surface area (Å²) in [6.07, 6.45) is 1.01. The fraction of sp³-hybridized carbons (Fsp3) is 0.333. The second-order valence-electron chi connectivity index (χ2n) is 13.3. The molecule has 1 heterocycles. The van der Waals surface area contributed by atoms with E-state index in [1.165, 1.54) is 0 Å². The SMILES string of the molecule is CS(=O)(=O)c1ccc(CN2C[C@H](Cc3ccccc3)N(C[C@@H](O)C[C@H](Cc3ccccc3)C(=O)N[C@H]3c4ccccc4C[C@H]3O)C2=O)cc1. The van der Waals surface area contributed by atoms with Crippen molar-refractivity contribution < 1.29 is 28.2 Å². The number of carbonyl (C=O) groups excluding carboxylic acids is 2. The summed E-state index contributed by atoms with van der Waals surface area (Å²) in [5.74, 6) is -0.858. The molecule has 3 amide bonds. The smallest absolute Gasteiger partial charge is 0.320 e. The Hall–Kier alpha value is -4.51. The molecule has 9 nitrogen and oxygen atoms in total. The molecule has 1 aliphatic heterocycles. The summed E-state index contributed by atoms with van der Waals surface area (Å²) in [5, 5.41) is 25.5. The monoisotopic (exact) mass is 681 g/mol. The first-order chi connectivity index (χ1) is 23.5. The highest BCUT2D eigenvalue weighted by Gasteiger charge is 2.39. The lowest BCUT2D eigenvalue weighted by Crippen LogP contribution is -2.44. The third-order valence-electron chi connectivity index (χ3n) is 9.59. The van der Waals surface area contributed by atoms with E-state index in [0.717, 1.165) is 34.1 Å². The zero-order valence-electron chi connectivity index (χ0n) is 27.6. The van der Waals surface area contributed by atoms with E-state index in [1.807, 2.05) is 84.9 Å². The minimum atomic E-state index is -3.34. The Balaban J connectivity index is 1.19. The largest absolute Gasteiger partial charge is 0.391 e. The van der Waals surface area contributed by atoms with Crippen molar-refractivity contribution in [3.63, 3.8) is 0 Å². The van der Waals surface area contributed by atoms with Crippen molar-refractivity contribution in [2.45, 2.75) is 61.4 Å². The lowest BCUT2D eigenvalue weighted by Gasteiger charge is -2.28. The predicted molar refractivity (Wildman–Crippen MR) is 187 cm³/mol. The van der Waals surface area contributed by atoms with Gasteiger partial charge in [0.15, 0.2) is 9.84 Å². The number of nitrogens with one attached hydrogen (secondary N) is 1. The predicted octanol–water partition coefficient (Wildman–Crippen LogP) is 4.32. The molecule has 49 heavy (non-hydrogen) atoms. The first kappa shape index (κ1) is 34.4. The fourth-order valence-corrected chi connectivity index (χ4v) is 7.71. The minimum absolute atomic E-state index is 0.0489. The molecule has 2 aliphatic rings. The standard InChI is InChI=1S/C39H43N3O6S/c1-49(47,48)34-18-16-29(17-19-34)24-41-25-32(21-28-12-6-3-7-13-28)42(39(41)46)26-33(43)22-31(20-27-10-4-2-5-11-27)38(45)40-37-35-15-9-8-14-30(35)23-36(37)44/h2-19,31-33,36-37,43-44H,20-26H2,1H3,(H,40,45)/t31-,32-,33-,36+,37-/m0/s1. The molecule has 10 heteroatoms. The van der Waals surface area contributed by atoms with Gasteiger partial charge < -0.3 is 25.3 Å². The molecule has 4 aromatic carbocycles. The van der Waals surface area contributed by atoms with Crippen LogP contribution in [0.5, 0.6) is 0 Å². The summed E-state index contributed by atoms with van der Waals surface area (Å²) < 4.78 is 23.9. The van der Waals surface area contributed by atoms with Crippen molar-refractivity contribution in [2.24, 2.45) is 5.92 Å². The molecular formula is C39H43N3O6S. The number of aliphatic hydroxyl groups is 2. The summed E-state index contributed by atoms with van der Waals surface area (Å²) in [6, 6.07) is 32.8. The highest BCUT2D eigenvalue weighted by molar-refractivity contribution is 7.90. The van der Waals surface area contributed by atoms with Gasteiger partial charge in [-0.2, -0.15) is 0 Å². The van der Waals surface area contributed by atoms with Crippen LogP contribution in [0.4, 0.5) is 4.79 Å². The highest BCUT2D eigenvalue weighted by Crippen LogP contribution is 2.32. The number of amides is 3. The van der Waals surface area contributed by atoms with E-state index in [-0.39, 0.29) is 35.8 Å². The van der Waals surface area contributed by atoms with Crippen molar-refractivity contribution in [1.29, 1.82) is 0 Å². The third kappa shape index (κ3) is 8.39. The number of hydrogen-bond donors (Lipinski definition) is 3. The van der Waals surface area contributed by atoms with Crippen molar-refractivity contribution >= 4 is 21.8 Å². The summed E-state index contributed by atoms with van der Waals surface area (Å²) in [4.78, 5) is 31.4. The number of nitrogens with zero attached hydrogens (tertiary/aromatic N) is 2. The van der Waals surface area contributed by atoms with E-state index >= 15 is 0 Å². The van der Waals surface area contributed by atoms with Crippen LogP contribution in [0.15, 0.2) is 114 Å². The molecule has 0 unspecified atom stereocenters. The molecular weight excluding hydrogens is 639 g/mol. The summed E-state index contributed by atoms with van der Waals surface area (Å²) in [6.45, 7) is 0.777. The van der Waals surface area contributed by atoms with Crippen LogP contribution in [0.25, 0.3) is 0 Å². The van der Waals surface area contributed by atoms with Gasteiger partial charge >= 0.3 is 6.03 Å². The van der Waals surface area contributed by atoms with E-state index < -0.39 is 34.0 Å². The molecule has 1 fully saturated rings. The molecule has 3 N–H and O–H groups in total. The number of urea groups is 1. The van der Waals surface area contributed by atoms with Crippen LogP contribution in [-0.2, 0) is 40.4 Å². The summed E-state index contributed by atoms with van der Waals surface area (Å²) >= 11 is 0. The zero-order chi connectivity index (χ0) is 34.5. The molecule has 0 spiro atoms. The van der Waals surface area contributed by atoms with E-state index in [0.29, 0.717) is 32.4 Å². The van der Waals surface area contributed by atoms with Crippen LogP contribution in [-0.4, -0.2) is 78.0 Å². The van der Waals surface area contributed by atoms with Gasteiger partial charge in [-0.05, 0) is 59.2 Å². The summed E-state index contributed by atoms with van der Waals surface area (Å²) in [7, 11) is -3.34. The maximum absolute atomic E-state index is 13.9. The third-order valence-corrected chi connectivity index (χ3v) is 10.7. The van der Waals surface area contributed by atoms with Crippen molar-refractivity contribution in [1.82, 2.24) is 15.1 Å². The molecule has 5 atom stereocenters. The number of β-amino-alcohol motifs (C(OH)–C–C–N with tert-alkyl or cyclic N) is 1. The van der Waals surface area contributed by atoms with E-state index in [4.69, 9.17) is 0 Å². The van der Waals surface area contributed by atoms with Crippen LogP contribution in [0.2, 0.25) is 0 Å². The number of sulfone groups is 1. The number of rotatable bonds is 13. The molecule has 4 aromatic rings. The minimum Gasteiger partial charge on any atom is -0.391 e.